The highest BCUT2D eigenvalue weighted by Gasteiger charge is 2.22. The molecule has 0 unspecified atom stereocenters. The first-order chi connectivity index (χ1) is 6.79. The van der Waals surface area contributed by atoms with Crippen LogP contribution in [0.3, 0.4) is 0 Å². The van der Waals surface area contributed by atoms with Crippen LogP contribution in [0.4, 0.5) is 0 Å². The van der Waals surface area contributed by atoms with Gasteiger partial charge in [-0.25, -0.2) is 0 Å². The van der Waals surface area contributed by atoms with Crippen LogP contribution < -0.4 is 10.5 Å². The summed E-state index contributed by atoms with van der Waals surface area (Å²) in [6.45, 7) is 1.31. The van der Waals surface area contributed by atoms with Gasteiger partial charge in [0.25, 0.3) is 0 Å². The number of nitrogens with two attached hydrogens (primary N) is 1. The summed E-state index contributed by atoms with van der Waals surface area (Å²) < 4.78 is 5.62. The van der Waals surface area contributed by atoms with Crippen molar-refractivity contribution in [2.24, 2.45) is 11.7 Å². The van der Waals surface area contributed by atoms with Crippen LogP contribution in [0.15, 0.2) is 18.2 Å². The van der Waals surface area contributed by atoms with E-state index in [1.807, 2.05) is 18.2 Å². The molecule has 1 saturated carbocycles. The standard InChI is InChI=1S/C11H14ClNO/c12-10-4-3-9(6-13)5-11(10)14-7-8-1-2-8/h3-5,8H,1-2,6-7,13H2. The van der Waals surface area contributed by atoms with E-state index < -0.39 is 0 Å². The third kappa shape index (κ3) is 2.40. The Hall–Kier alpha value is -0.730. The lowest BCUT2D eigenvalue weighted by atomic mass is 10.2. The van der Waals surface area contributed by atoms with Crippen molar-refractivity contribution in [1.29, 1.82) is 0 Å². The van der Waals surface area contributed by atoms with Gasteiger partial charge in [-0.05, 0) is 36.5 Å². The molecule has 2 nitrogen and oxygen atoms in total. The molecule has 1 aliphatic rings. The van der Waals surface area contributed by atoms with E-state index in [9.17, 15) is 0 Å². The molecule has 0 bridgehead atoms. The van der Waals surface area contributed by atoms with Crippen molar-refractivity contribution in [3.05, 3.63) is 28.8 Å². The lowest BCUT2D eigenvalue weighted by Gasteiger charge is -2.08. The molecule has 76 valence electrons. The van der Waals surface area contributed by atoms with E-state index in [1.165, 1.54) is 12.8 Å². The van der Waals surface area contributed by atoms with Crippen molar-refractivity contribution in [3.8, 4) is 5.75 Å². The van der Waals surface area contributed by atoms with Gasteiger partial charge in [0.2, 0.25) is 0 Å². The summed E-state index contributed by atoms with van der Waals surface area (Å²) in [7, 11) is 0. The fourth-order valence-corrected chi connectivity index (χ4v) is 1.45. The molecule has 14 heavy (non-hydrogen) atoms. The Morgan fingerprint density at radius 2 is 2.21 bits per heavy atom. The number of rotatable bonds is 4. The predicted octanol–water partition coefficient (Wildman–Crippen LogP) is 2.59. The summed E-state index contributed by atoms with van der Waals surface area (Å²) in [5, 5.41) is 0.669. The average molecular weight is 212 g/mol. The van der Waals surface area contributed by atoms with E-state index in [1.54, 1.807) is 0 Å². The first kappa shape index (κ1) is 9.81. The summed E-state index contributed by atoms with van der Waals surface area (Å²) in [4.78, 5) is 0. The number of hydrogen-bond donors (Lipinski definition) is 1. The minimum atomic E-state index is 0.525. The number of halogens is 1. The predicted molar refractivity (Wildman–Crippen MR) is 57.6 cm³/mol. The molecule has 0 spiro atoms. The normalized spacial score (nSPS) is 15.6. The quantitative estimate of drug-likeness (QED) is 0.831. The van der Waals surface area contributed by atoms with Gasteiger partial charge in [-0.1, -0.05) is 17.7 Å². The highest BCUT2D eigenvalue weighted by atomic mass is 35.5. The van der Waals surface area contributed by atoms with Gasteiger partial charge in [0.05, 0.1) is 11.6 Å². The molecule has 1 aromatic carbocycles. The summed E-state index contributed by atoms with van der Waals surface area (Å²) in [5.41, 5.74) is 6.59. The molecular weight excluding hydrogens is 198 g/mol. The van der Waals surface area contributed by atoms with Crippen LogP contribution in [0.2, 0.25) is 5.02 Å². The zero-order chi connectivity index (χ0) is 9.97. The number of hydrogen-bond acceptors (Lipinski definition) is 2. The van der Waals surface area contributed by atoms with Gasteiger partial charge >= 0.3 is 0 Å². The Kier molecular flexibility index (Phi) is 2.94. The third-order valence-electron chi connectivity index (χ3n) is 2.40. The third-order valence-corrected chi connectivity index (χ3v) is 2.72. The van der Waals surface area contributed by atoms with Crippen LogP contribution in [-0.4, -0.2) is 6.61 Å². The first-order valence-corrected chi connectivity index (χ1v) is 5.28. The summed E-state index contributed by atoms with van der Waals surface area (Å²) >= 11 is 5.99. The van der Waals surface area contributed by atoms with Crippen LogP contribution in [0.5, 0.6) is 5.75 Å². The van der Waals surface area contributed by atoms with E-state index in [4.69, 9.17) is 22.1 Å². The van der Waals surface area contributed by atoms with Gasteiger partial charge in [0, 0.05) is 6.54 Å². The Morgan fingerprint density at radius 3 is 2.86 bits per heavy atom. The molecule has 0 aromatic heterocycles. The van der Waals surface area contributed by atoms with Crippen LogP contribution in [-0.2, 0) is 6.54 Å². The lowest BCUT2D eigenvalue weighted by molar-refractivity contribution is 0.299. The minimum Gasteiger partial charge on any atom is -0.492 e. The molecule has 0 amide bonds. The number of benzene rings is 1. The van der Waals surface area contributed by atoms with Crippen molar-refractivity contribution in [2.75, 3.05) is 6.61 Å². The molecule has 0 atom stereocenters. The van der Waals surface area contributed by atoms with Crippen molar-refractivity contribution in [1.82, 2.24) is 0 Å². The maximum absolute atomic E-state index is 5.99. The Labute approximate surface area is 89.0 Å². The molecular formula is C11H14ClNO. The Balaban J connectivity index is 2.04. The van der Waals surface area contributed by atoms with Gasteiger partial charge in [-0.3, -0.25) is 0 Å². The second kappa shape index (κ2) is 4.20. The molecule has 0 aliphatic heterocycles. The molecule has 1 aliphatic carbocycles. The molecule has 0 saturated heterocycles. The second-order valence-corrected chi connectivity index (χ2v) is 4.13. The Bertz CT molecular complexity index is 323. The minimum absolute atomic E-state index is 0.525. The smallest absolute Gasteiger partial charge is 0.138 e. The molecule has 1 fully saturated rings. The Morgan fingerprint density at radius 1 is 1.43 bits per heavy atom. The molecule has 2 rings (SSSR count). The van der Waals surface area contributed by atoms with Crippen molar-refractivity contribution >= 4 is 11.6 Å². The summed E-state index contributed by atoms with van der Waals surface area (Å²) in [5.74, 6) is 1.51. The first-order valence-electron chi connectivity index (χ1n) is 4.91. The number of ether oxygens (including phenoxy) is 1. The van der Waals surface area contributed by atoms with E-state index in [2.05, 4.69) is 0 Å². The fourth-order valence-electron chi connectivity index (χ4n) is 1.28. The SMILES string of the molecule is NCc1ccc(Cl)c(OCC2CC2)c1. The van der Waals surface area contributed by atoms with E-state index in [0.29, 0.717) is 11.6 Å². The molecule has 0 radical (unpaired) electrons. The molecule has 0 heterocycles. The average Bonchev–Trinajstić information content (AvgIpc) is 3.00. The highest BCUT2D eigenvalue weighted by molar-refractivity contribution is 6.32. The fraction of sp³-hybridized carbons (Fsp3) is 0.455. The maximum atomic E-state index is 5.99. The zero-order valence-electron chi connectivity index (χ0n) is 8.00. The largest absolute Gasteiger partial charge is 0.492 e. The van der Waals surface area contributed by atoms with Crippen LogP contribution in [0.1, 0.15) is 18.4 Å². The zero-order valence-corrected chi connectivity index (χ0v) is 8.76. The second-order valence-electron chi connectivity index (χ2n) is 3.72. The van der Waals surface area contributed by atoms with Gasteiger partial charge < -0.3 is 10.5 Å². The summed E-state index contributed by atoms with van der Waals surface area (Å²) in [6, 6.07) is 5.68. The molecule has 1 aromatic rings. The van der Waals surface area contributed by atoms with Gasteiger partial charge in [0.1, 0.15) is 5.75 Å². The van der Waals surface area contributed by atoms with Crippen molar-refractivity contribution in [2.45, 2.75) is 19.4 Å². The van der Waals surface area contributed by atoms with E-state index >= 15 is 0 Å². The van der Waals surface area contributed by atoms with Gasteiger partial charge in [-0.15, -0.1) is 0 Å². The van der Waals surface area contributed by atoms with Crippen LogP contribution in [0, 0.1) is 5.92 Å². The van der Waals surface area contributed by atoms with Gasteiger partial charge in [0.15, 0.2) is 0 Å². The van der Waals surface area contributed by atoms with E-state index in [-0.39, 0.29) is 0 Å². The highest BCUT2D eigenvalue weighted by Crippen LogP contribution is 2.32. The van der Waals surface area contributed by atoms with Gasteiger partial charge in [-0.2, -0.15) is 0 Å². The lowest BCUT2D eigenvalue weighted by Crippen LogP contribution is -2.01. The van der Waals surface area contributed by atoms with Crippen LogP contribution >= 0.6 is 11.6 Å². The van der Waals surface area contributed by atoms with Crippen molar-refractivity contribution in [3.63, 3.8) is 0 Å². The topological polar surface area (TPSA) is 35.2 Å². The van der Waals surface area contributed by atoms with E-state index in [0.717, 1.165) is 23.8 Å². The van der Waals surface area contributed by atoms with Crippen LogP contribution in [0.25, 0.3) is 0 Å². The molecule has 3 heteroatoms. The maximum Gasteiger partial charge on any atom is 0.138 e. The molecule has 2 N–H and O–H groups in total. The van der Waals surface area contributed by atoms with Crippen molar-refractivity contribution < 1.29 is 4.74 Å². The monoisotopic (exact) mass is 211 g/mol. The summed E-state index contributed by atoms with van der Waals surface area (Å²) in [6.07, 6.45) is 2.57.